The molecule has 0 fully saturated rings. The summed E-state index contributed by atoms with van der Waals surface area (Å²) >= 11 is 0. The van der Waals surface area contributed by atoms with Crippen molar-refractivity contribution in [1.29, 1.82) is 0 Å². The molecule has 0 aliphatic carbocycles. The van der Waals surface area contributed by atoms with Crippen molar-refractivity contribution in [3.05, 3.63) is 26.7 Å². The van der Waals surface area contributed by atoms with Crippen LogP contribution in [0.1, 0.15) is 19.2 Å². The van der Waals surface area contributed by atoms with Crippen molar-refractivity contribution in [3.63, 3.8) is 0 Å². The molecule has 2 rings (SSSR count). The molecule has 0 aromatic carbocycles. The maximum absolute atomic E-state index is 12.1. The zero-order valence-electron chi connectivity index (χ0n) is 10.4. The molecule has 0 saturated carbocycles. The number of nitrogens with zero attached hydrogens (tertiary/aromatic N) is 2. The second-order valence-electron chi connectivity index (χ2n) is 4.04. The van der Waals surface area contributed by atoms with Crippen molar-refractivity contribution in [3.8, 4) is 0 Å². The predicted octanol–water partition coefficient (Wildman–Crippen LogP) is 0.0118. The molecule has 0 atom stereocenters. The van der Waals surface area contributed by atoms with E-state index in [2.05, 4.69) is 15.0 Å². The Hall–Kier alpha value is -1.89. The number of imidazole rings is 1. The van der Waals surface area contributed by atoms with E-state index in [4.69, 9.17) is 4.74 Å². The first kappa shape index (κ1) is 12.6. The third kappa shape index (κ3) is 2.21. The van der Waals surface area contributed by atoms with Gasteiger partial charge >= 0.3 is 5.69 Å². The molecule has 18 heavy (non-hydrogen) atoms. The van der Waals surface area contributed by atoms with Gasteiger partial charge in [-0.3, -0.25) is 14.3 Å². The van der Waals surface area contributed by atoms with Crippen LogP contribution in [0.4, 0.5) is 0 Å². The van der Waals surface area contributed by atoms with E-state index < -0.39 is 5.69 Å². The van der Waals surface area contributed by atoms with Crippen LogP contribution in [0, 0.1) is 0 Å². The molecule has 2 N–H and O–H groups in total. The largest absolute Gasteiger partial charge is 0.384 e. The van der Waals surface area contributed by atoms with Gasteiger partial charge in [-0.25, -0.2) is 9.78 Å². The summed E-state index contributed by atoms with van der Waals surface area (Å²) < 4.78 is 6.12. The van der Waals surface area contributed by atoms with E-state index in [1.165, 1.54) is 4.57 Å². The third-order valence-electron chi connectivity index (χ3n) is 2.67. The molecular weight excluding hydrogens is 236 g/mol. The highest BCUT2D eigenvalue weighted by molar-refractivity contribution is 5.68. The predicted molar refractivity (Wildman–Crippen MR) is 66.8 cm³/mol. The van der Waals surface area contributed by atoms with E-state index in [0.717, 1.165) is 6.42 Å². The minimum atomic E-state index is -0.417. The Bertz CT molecular complexity index is 652. The molecule has 7 nitrogen and oxygen atoms in total. The minimum absolute atomic E-state index is 0.309. The average molecular weight is 252 g/mol. The zero-order chi connectivity index (χ0) is 13.1. The van der Waals surface area contributed by atoms with E-state index in [-0.39, 0.29) is 5.56 Å². The van der Waals surface area contributed by atoms with E-state index >= 15 is 0 Å². The normalized spacial score (nSPS) is 11.2. The van der Waals surface area contributed by atoms with Gasteiger partial charge in [-0.05, 0) is 6.42 Å². The monoisotopic (exact) mass is 252 g/mol. The highest BCUT2D eigenvalue weighted by Gasteiger charge is 2.11. The Morgan fingerprint density at radius 2 is 2.11 bits per heavy atom. The maximum Gasteiger partial charge on any atom is 0.330 e. The molecule has 0 saturated heterocycles. The van der Waals surface area contributed by atoms with Crippen LogP contribution >= 0.6 is 0 Å². The van der Waals surface area contributed by atoms with Crippen LogP contribution in [-0.4, -0.2) is 33.2 Å². The van der Waals surface area contributed by atoms with Gasteiger partial charge in [0.05, 0.1) is 6.61 Å². The van der Waals surface area contributed by atoms with Crippen molar-refractivity contribution in [2.24, 2.45) is 0 Å². The molecule has 0 amide bonds. The van der Waals surface area contributed by atoms with Gasteiger partial charge in [0.1, 0.15) is 11.3 Å². The fraction of sp³-hybridized carbons (Fsp3) is 0.545. The molecule has 2 aromatic rings. The van der Waals surface area contributed by atoms with E-state index in [1.54, 1.807) is 7.11 Å². The van der Waals surface area contributed by atoms with Gasteiger partial charge in [-0.15, -0.1) is 0 Å². The van der Waals surface area contributed by atoms with Crippen molar-refractivity contribution in [1.82, 2.24) is 19.5 Å². The van der Waals surface area contributed by atoms with Crippen LogP contribution in [0.3, 0.4) is 0 Å². The van der Waals surface area contributed by atoms with Crippen molar-refractivity contribution in [2.45, 2.75) is 26.3 Å². The molecule has 98 valence electrons. The molecule has 0 radical (unpaired) electrons. The number of nitrogens with one attached hydrogen (secondary N) is 2. The second-order valence-corrected chi connectivity index (χ2v) is 4.04. The summed E-state index contributed by atoms with van der Waals surface area (Å²) in [6.45, 7) is 2.82. The summed E-state index contributed by atoms with van der Waals surface area (Å²) in [5.41, 5.74) is -0.0940. The Morgan fingerprint density at radius 3 is 2.78 bits per heavy atom. The van der Waals surface area contributed by atoms with Gasteiger partial charge < -0.3 is 9.72 Å². The number of hydrogen-bond donors (Lipinski definition) is 2. The van der Waals surface area contributed by atoms with E-state index in [9.17, 15) is 9.59 Å². The molecule has 0 aliphatic rings. The number of aromatic nitrogens is 4. The Labute approximate surface area is 103 Å². The number of methoxy groups -OCH3 is 1. The van der Waals surface area contributed by atoms with Gasteiger partial charge in [-0.2, -0.15) is 0 Å². The van der Waals surface area contributed by atoms with E-state index in [0.29, 0.717) is 36.6 Å². The van der Waals surface area contributed by atoms with Crippen LogP contribution in [0.2, 0.25) is 0 Å². The summed E-state index contributed by atoms with van der Waals surface area (Å²) in [6, 6.07) is 0. The molecule has 0 aliphatic heterocycles. The molecular formula is C11H16N4O3. The van der Waals surface area contributed by atoms with Gasteiger partial charge in [0.15, 0.2) is 5.65 Å². The lowest BCUT2D eigenvalue weighted by Crippen LogP contribution is -2.34. The molecule has 0 spiro atoms. The number of rotatable bonds is 5. The topological polar surface area (TPSA) is 92.8 Å². The molecule has 2 aromatic heterocycles. The second kappa shape index (κ2) is 5.18. The van der Waals surface area contributed by atoms with E-state index in [1.807, 2.05) is 6.92 Å². The molecule has 0 bridgehead atoms. The lowest BCUT2D eigenvalue weighted by atomic mass is 10.4. The Morgan fingerprint density at radius 1 is 1.33 bits per heavy atom. The lowest BCUT2D eigenvalue weighted by Gasteiger charge is -2.00. The Kier molecular flexibility index (Phi) is 3.61. The third-order valence-corrected chi connectivity index (χ3v) is 2.67. The maximum atomic E-state index is 12.1. The van der Waals surface area contributed by atoms with Crippen LogP contribution in [0.25, 0.3) is 11.2 Å². The van der Waals surface area contributed by atoms with Gasteiger partial charge in [-0.1, -0.05) is 6.92 Å². The molecule has 2 heterocycles. The van der Waals surface area contributed by atoms with Gasteiger partial charge in [0, 0.05) is 20.1 Å². The first-order valence-corrected chi connectivity index (χ1v) is 5.88. The number of ether oxygens (including phenoxy) is 1. The average Bonchev–Trinajstić information content (AvgIpc) is 2.75. The number of H-pyrrole nitrogens is 2. The van der Waals surface area contributed by atoms with Crippen molar-refractivity contribution >= 4 is 11.2 Å². The molecule has 7 heteroatoms. The Balaban J connectivity index is 2.53. The zero-order valence-corrected chi connectivity index (χ0v) is 10.4. The number of hydrogen-bond acceptors (Lipinski definition) is 4. The quantitative estimate of drug-likeness (QED) is 0.784. The minimum Gasteiger partial charge on any atom is -0.384 e. The van der Waals surface area contributed by atoms with Gasteiger partial charge in [0.25, 0.3) is 5.56 Å². The first-order valence-electron chi connectivity index (χ1n) is 5.88. The standard InChI is InChI=1S/C11H16N4O3/c1-3-5-15-10(16)8-9(14-11(15)17)13-7(12-8)4-6-18-2/h3-6H2,1-2H3,(H,12,13)(H,14,17). The fourth-order valence-electron chi connectivity index (χ4n) is 1.81. The summed E-state index contributed by atoms with van der Waals surface area (Å²) in [4.78, 5) is 33.5. The van der Waals surface area contributed by atoms with Crippen molar-refractivity contribution in [2.75, 3.05) is 13.7 Å². The van der Waals surface area contributed by atoms with Crippen LogP contribution in [-0.2, 0) is 17.7 Å². The summed E-state index contributed by atoms with van der Waals surface area (Å²) in [6.07, 6.45) is 1.29. The van der Waals surface area contributed by atoms with Crippen LogP contribution < -0.4 is 11.2 Å². The first-order chi connectivity index (χ1) is 8.67. The smallest absolute Gasteiger partial charge is 0.330 e. The van der Waals surface area contributed by atoms with Crippen LogP contribution in [0.5, 0.6) is 0 Å². The number of aromatic amines is 2. The SMILES string of the molecule is CCCn1c(=O)[nH]c2nc(CCOC)[nH]c2c1=O. The summed E-state index contributed by atoms with van der Waals surface area (Å²) in [5.74, 6) is 0.633. The lowest BCUT2D eigenvalue weighted by molar-refractivity contribution is 0.201. The summed E-state index contributed by atoms with van der Waals surface area (Å²) in [5, 5.41) is 0. The fourth-order valence-corrected chi connectivity index (χ4v) is 1.81. The van der Waals surface area contributed by atoms with Gasteiger partial charge in [0.2, 0.25) is 0 Å². The highest BCUT2D eigenvalue weighted by Crippen LogP contribution is 2.02. The van der Waals surface area contributed by atoms with Crippen molar-refractivity contribution < 1.29 is 4.74 Å². The molecule has 0 unspecified atom stereocenters. The summed E-state index contributed by atoms with van der Waals surface area (Å²) in [7, 11) is 1.60. The number of fused-ring (bicyclic) bond motifs is 1. The highest BCUT2D eigenvalue weighted by atomic mass is 16.5. The van der Waals surface area contributed by atoms with Crippen LogP contribution in [0.15, 0.2) is 9.59 Å².